The molecule has 0 aromatic heterocycles. The molecule has 0 aliphatic carbocycles. The highest BCUT2D eigenvalue weighted by molar-refractivity contribution is 6.42. The minimum absolute atomic E-state index is 0.0678. The van der Waals surface area contributed by atoms with Crippen LogP contribution in [0.15, 0.2) is 42.5 Å². The molecule has 2 amide bonds. The van der Waals surface area contributed by atoms with E-state index in [1.165, 1.54) is 0 Å². The van der Waals surface area contributed by atoms with Gasteiger partial charge < -0.3 is 26.2 Å². The minimum Gasteiger partial charge on any atom is -0.391 e. The third-order valence-electron chi connectivity index (χ3n) is 7.07. The Morgan fingerprint density at radius 3 is 2.23 bits per heavy atom. The van der Waals surface area contributed by atoms with Gasteiger partial charge in [0.1, 0.15) is 6.04 Å². The molecule has 39 heavy (non-hydrogen) atoms. The highest BCUT2D eigenvalue weighted by Gasteiger charge is 2.32. The van der Waals surface area contributed by atoms with Gasteiger partial charge in [-0.3, -0.25) is 9.59 Å². The van der Waals surface area contributed by atoms with Crippen molar-refractivity contribution in [2.24, 2.45) is 23.5 Å². The monoisotopic (exact) mass is 579 g/mol. The fraction of sp³-hybridized carbons (Fsp3) is 0.533. The minimum atomic E-state index is -0.964. The maximum absolute atomic E-state index is 13.4. The molecular formula is C30H43Cl2N3O4. The number of aliphatic hydroxyl groups is 1. The molecule has 9 heteroatoms. The van der Waals surface area contributed by atoms with E-state index >= 15 is 0 Å². The summed E-state index contributed by atoms with van der Waals surface area (Å²) < 4.78 is 5.67. The lowest BCUT2D eigenvalue weighted by Crippen LogP contribution is -2.52. The number of hydrogen-bond donors (Lipinski definition) is 4. The van der Waals surface area contributed by atoms with Crippen LogP contribution < -0.4 is 16.4 Å². The average molecular weight is 581 g/mol. The molecule has 0 fully saturated rings. The smallest absolute Gasteiger partial charge is 0.243 e. The van der Waals surface area contributed by atoms with Crippen molar-refractivity contribution in [3.8, 4) is 0 Å². The van der Waals surface area contributed by atoms with E-state index in [4.69, 9.17) is 33.7 Å². The predicted octanol–water partition coefficient (Wildman–Crippen LogP) is 5.02. The molecule has 0 saturated carbocycles. The normalized spacial score (nSPS) is 15.3. The van der Waals surface area contributed by atoms with Gasteiger partial charge in [-0.25, -0.2) is 0 Å². The van der Waals surface area contributed by atoms with E-state index in [1.807, 2.05) is 58.9 Å². The predicted molar refractivity (Wildman–Crippen MR) is 157 cm³/mol. The molecule has 7 nitrogen and oxygen atoms in total. The number of benzene rings is 2. The summed E-state index contributed by atoms with van der Waals surface area (Å²) in [7, 11) is 0. The summed E-state index contributed by atoms with van der Waals surface area (Å²) in [6.45, 7) is 10.5. The van der Waals surface area contributed by atoms with Gasteiger partial charge in [-0.1, -0.05) is 93.2 Å². The SMILES string of the molecule is CCC(C)C(NC(=O)C(CC(O)C(N)COCc1ccc(Cl)c(Cl)c1)C(C)C)C(=O)NCc1ccc(C)cc1. The highest BCUT2D eigenvalue weighted by Crippen LogP contribution is 2.23. The molecule has 0 radical (unpaired) electrons. The maximum atomic E-state index is 13.4. The number of aryl methyl sites for hydroxylation is 1. The first-order valence-electron chi connectivity index (χ1n) is 13.5. The number of carbonyl (C=O) groups excluding carboxylic acids is 2. The number of amides is 2. The van der Waals surface area contributed by atoms with Gasteiger partial charge >= 0.3 is 0 Å². The first-order valence-corrected chi connectivity index (χ1v) is 14.3. The van der Waals surface area contributed by atoms with E-state index in [0.29, 0.717) is 16.6 Å². The van der Waals surface area contributed by atoms with Crippen molar-refractivity contribution in [1.29, 1.82) is 0 Å². The van der Waals surface area contributed by atoms with Gasteiger partial charge in [0.15, 0.2) is 0 Å². The van der Waals surface area contributed by atoms with E-state index in [1.54, 1.807) is 18.2 Å². The van der Waals surface area contributed by atoms with Crippen LogP contribution >= 0.6 is 23.2 Å². The molecule has 0 spiro atoms. The summed E-state index contributed by atoms with van der Waals surface area (Å²) in [4.78, 5) is 26.4. The largest absolute Gasteiger partial charge is 0.391 e. The quantitative estimate of drug-likeness (QED) is 0.236. The number of nitrogens with one attached hydrogen (secondary N) is 2. The lowest BCUT2D eigenvalue weighted by atomic mass is 9.86. The van der Waals surface area contributed by atoms with Gasteiger partial charge in [-0.05, 0) is 48.4 Å². The third kappa shape index (κ3) is 10.7. The number of aliphatic hydroxyl groups excluding tert-OH is 1. The molecule has 2 aromatic carbocycles. The Balaban J connectivity index is 1.95. The van der Waals surface area contributed by atoms with E-state index in [-0.39, 0.29) is 43.3 Å². The summed E-state index contributed by atoms with van der Waals surface area (Å²) in [6.07, 6.45) is -0.0906. The van der Waals surface area contributed by atoms with Crippen LogP contribution in [0.4, 0.5) is 0 Å². The van der Waals surface area contributed by atoms with Crippen molar-refractivity contribution in [1.82, 2.24) is 10.6 Å². The Morgan fingerprint density at radius 2 is 1.64 bits per heavy atom. The maximum Gasteiger partial charge on any atom is 0.243 e. The van der Waals surface area contributed by atoms with Gasteiger partial charge in [0.05, 0.1) is 35.4 Å². The van der Waals surface area contributed by atoms with Crippen molar-refractivity contribution in [3.63, 3.8) is 0 Å². The Labute approximate surface area is 242 Å². The fourth-order valence-electron chi connectivity index (χ4n) is 4.14. The molecule has 0 aliphatic heterocycles. The number of ether oxygens (including phenoxy) is 1. The van der Waals surface area contributed by atoms with Crippen molar-refractivity contribution in [2.45, 2.75) is 78.8 Å². The summed E-state index contributed by atoms with van der Waals surface area (Å²) in [6, 6.07) is 11.8. The molecule has 2 rings (SSSR count). The molecule has 0 heterocycles. The zero-order valence-corrected chi connectivity index (χ0v) is 25.1. The van der Waals surface area contributed by atoms with Gasteiger partial charge in [0.2, 0.25) is 11.8 Å². The van der Waals surface area contributed by atoms with Gasteiger partial charge in [0.25, 0.3) is 0 Å². The number of nitrogens with two attached hydrogens (primary N) is 1. The zero-order chi connectivity index (χ0) is 29.1. The Kier molecular flexibility index (Phi) is 13.7. The van der Waals surface area contributed by atoms with E-state index in [9.17, 15) is 14.7 Å². The molecule has 5 N–H and O–H groups in total. The number of hydrogen-bond acceptors (Lipinski definition) is 5. The Bertz CT molecular complexity index is 1060. The summed E-state index contributed by atoms with van der Waals surface area (Å²) >= 11 is 12.0. The number of carbonyl (C=O) groups is 2. The Hall–Kier alpha value is -2.16. The molecule has 0 aliphatic rings. The number of rotatable bonds is 15. The Morgan fingerprint density at radius 1 is 1.00 bits per heavy atom. The molecule has 216 valence electrons. The lowest BCUT2D eigenvalue weighted by Gasteiger charge is -2.29. The van der Waals surface area contributed by atoms with Crippen molar-refractivity contribution >= 4 is 35.0 Å². The second kappa shape index (κ2) is 16.2. The van der Waals surface area contributed by atoms with Crippen molar-refractivity contribution in [3.05, 3.63) is 69.2 Å². The summed E-state index contributed by atoms with van der Waals surface area (Å²) in [5.74, 6) is -1.17. The lowest BCUT2D eigenvalue weighted by molar-refractivity contribution is -0.134. The van der Waals surface area contributed by atoms with Crippen molar-refractivity contribution in [2.75, 3.05) is 6.61 Å². The third-order valence-corrected chi connectivity index (χ3v) is 7.81. The first kappa shape index (κ1) is 33.0. The topological polar surface area (TPSA) is 114 Å². The van der Waals surface area contributed by atoms with Crippen LogP contribution in [0.5, 0.6) is 0 Å². The van der Waals surface area contributed by atoms with Gasteiger partial charge in [-0.2, -0.15) is 0 Å². The second-order valence-corrected chi connectivity index (χ2v) is 11.5. The molecule has 2 aromatic rings. The molecular weight excluding hydrogens is 537 g/mol. The molecule has 0 bridgehead atoms. The van der Waals surface area contributed by atoms with Gasteiger partial charge in [-0.15, -0.1) is 0 Å². The zero-order valence-electron chi connectivity index (χ0n) is 23.5. The standard InChI is InChI=1S/C30H43Cl2N3O4/c1-6-20(5)28(30(38)34-15-21-9-7-19(4)8-10-21)35-29(37)23(18(2)3)14-27(36)26(33)17-39-16-22-11-12-24(31)25(32)13-22/h7-13,18,20,23,26-28,36H,6,14-17,33H2,1-5H3,(H,34,38)(H,35,37). The van der Waals surface area contributed by atoms with Crippen LogP contribution in [0.3, 0.4) is 0 Å². The molecule has 5 unspecified atom stereocenters. The van der Waals surface area contributed by atoms with E-state index < -0.39 is 24.1 Å². The fourth-order valence-corrected chi connectivity index (χ4v) is 4.46. The molecule has 5 atom stereocenters. The summed E-state index contributed by atoms with van der Waals surface area (Å²) in [5, 5.41) is 17.6. The van der Waals surface area contributed by atoms with Crippen molar-refractivity contribution < 1.29 is 19.4 Å². The van der Waals surface area contributed by atoms with Crippen LogP contribution in [0, 0.1) is 24.7 Å². The summed E-state index contributed by atoms with van der Waals surface area (Å²) in [5.41, 5.74) is 9.16. The van der Waals surface area contributed by atoms with E-state index in [0.717, 1.165) is 23.1 Å². The van der Waals surface area contributed by atoms with E-state index in [2.05, 4.69) is 10.6 Å². The van der Waals surface area contributed by atoms with Crippen LogP contribution in [0.2, 0.25) is 10.0 Å². The average Bonchev–Trinajstić information content (AvgIpc) is 2.90. The van der Waals surface area contributed by atoms with Crippen LogP contribution in [0.25, 0.3) is 0 Å². The van der Waals surface area contributed by atoms with Crippen LogP contribution in [-0.2, 0) is 27.5 Å². The highest BCUT2D eigenvalue weighted by atomic mass is 35.5. The molecule has 0 saturated heterocycles. The van der Waals surface area contributed by atoms with Gasteiger partial charge in [0, 0.05) is 12.5 Å². The van der Waals surface area contributed by atoms with Crippen LogP contribution in [0.1, 0.15) is 57.2 Å². The number of halogens is 2. The second-order valence-electron chi connectivity index (χ2n) is 10.7. The van der Waals surface area contributed by atoms with Crippen LogP contribution in [-0.4, -0.2) is 41.7 Å². The first-order chi connectivity index (χ1) is 18.4.